The van der Waals surface area contributed by atoms with Gasteiger partial charge < -0.3 is 5.32 Å². The lowest BCUT2D eigenvalue weighted by Crippen LogP contribution is -2.61. The van der Waals surface area contributed by atoms with Crippen LogP contribution < -0.4 is 5.32 Å². The quantitative estimate of drug-likeness (QED) is 0.810. The molecule has 1 saturated heterocycles. The maximum atomic E-state index is 3.74. The van der Waals surface area contributed by atoms with Gasteiger partial charge in [-0.3, -0.25) is 4.90 Å². The van der Waals surface area contributed by atoms with Gasteiger partial charge in [-0.05, 0) is 38.0 Å². The van der Waals surface area contributed by atoms with Crippen LogP contribution in [0.25, 0.3) is 0 Å². The molecule has 2 rings (SSSR count). The van der Waals surface area contributed by atoms with Gasteiger partial charge >= 0.3 is 0 Å². The molecule has 0 radical (unpaired) electrons. The molecule has 0 aromatic heterocycles. The monoisotopic (exact) mass is 238 g/mol. The van der Waals surface area contributed by atoms with Gasteiger partial charge in [-0.15, -0.1) is 0 Å². The Morgan fingerprint density at radius 2 is 1.94 bits per heavy atom. The van der Waals surface area contributed by atoms with Crippen molar-refractivity contribution in [1.82, 2.24) is 10.2 Å². The minimum absolute atomic E-state index is 0.695. The molecule has 0 aromatic rings. The first kappa shape index (κ1) is 13.4. The predicted octanol–water partition coefficient (Wildman–Crippen LogP) is 2.88. The second-order valence-corrected chi connectivity index (χ2v) is 6.45. The topological polar surface area (TPSA) is 15.3 Å². The molecule has 3 atom stereocenters. The minimum Gasteiger partial charge on any atom is -0.311 e. The number of hydrogen-bond donors (Lipinski definition) is 1. The zero-order chi connectivity index (χ0) is 12.4. The van der Waals surface area contributed by atoms with Gasteiger partial charge in [0.25, 0.3) is 0 Å². The third-order valence-corrected chi connectivity index (χ3v) is 5.12. The summed E-state index contributed by atoms with van der Waals surface area (Å²) in [5, 5.41) is 3.74. The average molecular weight is 238 g/mol. The molecule has 1 aliphatic heterocycles. The van der Waals surface area contributed by atoms with E-state index >= 15 is 0 Å². The van der Waals surface area contributed by atoms with Crippen LogP contribution in [0, 0.1) is 11.8 Å². The summed E-state index contributed by atoms with van der Waals surface area (Å²) in [4.78, 5) is 2.81. The van der Waals surface area contributed by atoms with E-state index in [-0.39, 0.29) is 0 Å². The first-order valence-electron chi connectivity index (χ1n) is 7.62. The van der Waals surface area contributed by atoms with Gasteiger partial charge in [-0.25, -0.2) is 0 Å². The van der Waals surface area contributed by atoms with Crippen LogP contribution in [0.5, 0.6) is 0 Å². The van der Waals surface area contributed by atoms with Crippen LogP contribution in [0.2, 0.25) is 0 Å². The molecule has 3 unspecified atom stereocenters. The van der Waals surface area contributed by atoms with E-state index in [1.54, 1.807) is 0 Å². The van der Waals surface area contributed by atoms with Crippen LogP contribution in [0.4, 0.5) is 0 Å². The maximum absolute atomic E-state index is 3.74. The SMILES string of the molecule is CCC1CNC(C(C)C)CN1C(C)C1CCC1. The molecule has 0 bridgehead atoms. The zero-order valence-corrected chi connectivity index (χ0v) is 12.1. The van der Waals surface area contributed by atoms with Gasteiger partial charge in [-0.1, -0.05) is 27.2 Å². The van der Waals surface area contributed by atoms with E-state index in [0.29, 0.717) is 6.04 Å². The van der Waals surface area contributed by atoms with E-state index in [1.807, 2.05) is 0 Å². The normalized spacial score (nSPS) is 33.7. The minimum atomic E-state index is 0.695. The standard InChI is InChI=1S/C15H30N2/c1-5-14-9-16-15(11(2)3)10-17(14)12(4)13-7-6-8-13/h11-16H,5-10H2,1-4H3. The predicted molar refractivity (Wildman–Crippen MR) is 74.2 cm³/mol. The van der Waals surface area contributed by atoms with Gasteiger partial charge in [0, 0.05) is 31.2 Å². The Hall–Kier alpha value is -0.0800. The smallest absolute Gasteiger partial charge is 0.0221 e. The highest BCUT2D eigenvalue weighted by atomic mass is 15.3. The molecule has 0 spiro atoms. The second kappa shape index (κ2) is 5.71. The molecular weight excluding hydrogens is 208 g/mol. The van der Waals surface area contributed by atoms with Gasteiger partial charge in [0.05, 0.1) is 0 Å². The van der Waals surface area contributed by atoms with Crippen molar-refractivity contribution in [1.29, 1.82) is 0 Å². The Bertz CT molecular complexity index is 235. The summed E-state index contributed by atoms with van der Waals surface area (Å²) >= 11 is 0. The first-order chi connectivity index (χ1) is 8.13. The van der Waals surface area contributed by atoms with Crippen molar-refractivity contribution in [2.24, 2.45) is 11.8 Å². The summed E-state index contributed by atoms with van der Waals surface area (Å²) in [7, 11) is 0. The number of nitrogens with one attached hydrogen (secondary N) is 1. The molecule has 2 fully saturated rings. The lowest BCUT2D eigenvalue weighted by atomic mass is 9.78. The third-order valence-electron chi connectivity index (χ3n) is 5.12. The van der Waals surface area contributed by atoms with E-state index < -0.39 is 0 Å². The van der Waals surface area contributed by atoms with Crippen LogP contribution in [0.3, 0.4) is 0 Å². The Kier molecular flexibility index (Phi) is 4.48. The van der Waals surface area contributed by atoms with E-state index in [4.69, 9.17) is 0 Å². The highest BCUT2D eigenvalue weighted by Crippen LogP contribution is 2.34. The van der Waals surface area contributed by atoms with Crippen LogP contribution in [0.1, 0.15) is 53.4 Å². The third kappa shape index (κ3) is 2.85. The molecule has 2 aliphatic rings. The Balaban J connectivity index is 1.98. The van der Waals surface area contributed by atoms with Crippen molar-refractivity contribution in [3.05, 3.63) is 0 Å². The Morgan fingerprint density at radius 1 is 1.24 bits per heavy atom. The fraction of sp³-hybridized carbons (Fsp3) is 1.00. The second-order valence-electron chi connectivity index (χ2n) is 6.45. The fourth-order valence-electron chi connectivity index (χ4n) is 3.36. The molecular formula is C15H30N2. The zero-order valence-electron chi connectivity index (χ0n) is 12.1. The maximum Gasteiger partial charge on any atom is 0.0221 e. The number of nitrogens with zero attached hydrogens (tertiary/aromatic N) is 1. The summed E-state index contributed by atoms with van der Waals surface area (Å²) in [6.45, 7) is 11.9. The van der Waals surface area contributed by atoms with Crippen molar-refractivity contribution >= 4 is 0 Å². The highest BCUT2D eigenvalue weighted by molar-refractivity contribution is 4.92. The first-order valence-corrected chi connectivity index (χ1v) is 7.62. The van der Waals surface area contributed by atoms with Gasteiger partial charge in [0.15, 0.2) is 0 Å². The summed E-state index contributed by atoms with van der Waals surface area (Å²) < 4.78 is 0. The highest BCUT2D eigenvalue weighted by Gasteiger charge is 2.35. The Labute approximate surface area is 107 Å². The Morgan fingerprint density at radius 3 is 2.41 bits per heavy atom. The van der Waals surface area contributed by atoms with Crippen LogP contribution in [-0.2, 0) is 0 Å². The van der Waals surface area contributed by atoms with E-state index in [1.165, 1.54) is 38.8 Å². The average Bonchev–Trinajstić information content (AvgIpc) is 2.25. The van der Waals surface area contributed by atoms with Crippen molar-refractivity contribution in [2.45, 2.75) is 71.5 Å². The number of hydrogen-bond acceptors (Lipinski definition) is 2. The molecule has 1 N–H and O–H groups in total. The van der Waals surface area contributed by atoms with Crippen molar-refractivity contribution < 1.29 is 0 Å². The molecule has 100 valence electrons. The summed E-state index contributed by atoms with van der Waals surface area (Å²) in [5.41, 5.74) is 0. The van der Waals surface area contributed by atoms with Gasteiger partial charge in [0.2, 0.25) is 0 Å². The molecule has 2 heteroatoms. The largest absolute Gasteiger partial charge is 0.311 e. The van der Waals surface area contributed by atoms with Crippen LogP contribution in [0.15, 0.2) is 0 Å². The van der Waals surface area contributed by atoms with Gasteiger partial charge in [0.1, 0.15) is 0 Å². The molecule has 0 aromatic carbocycles. The number of rotatable bonds is 4. The van der Waals surface area contributed by atoms with Crippen LogP contribution >= 0.6 is 0 Å². The van der Waals surface area contributed by atoms with Crippen molar-refractivity contribution in [2.75, 3.05) is 13.1 Å². The molecule has 2 nitrogen and oxygen atoms in total. The van der Waals surface area contributed by atoms with Crippen molar-refractivity contribution in [3.63, 3.8) is 0 Å². The molecule has 1 saturated carbocycles. The van der Waals surface area contributed by atoms with E-state index in [0.717, 1.165) is 23.9 Å². The van der Waals surface area contributed by atoms with Crippen molar-refractivity contribution in [3.8, 4) is 0 Å². The van der Waals surface area contributed by atoms with Crippen LogP contribution in [-0.4, -0.2) is 36.1 Å². The van der Waals surface area contributed by atoms with E-state index in [9.17, 15) is 0 Å². The molecule has 1 aliphatic carbocycles. The lowest BCUT2D eigenvalue weighted by Gasteiger charge is -2.48. The molecule has 0 amide bonds. The summed E-state index contributed by atoms with van der Waals surface area (Å²) in [5.74, 6) is 1.74. The molecule has 17 heavy (non-hydrogen) atoms. The number of piperazine rings is 1. The van der Waals surface area contributed by atoms with E-state index in [2.05, 4.69) is 37.9 Å². The summed E-state index contributed by atoms with van der Waals surface area (Å²) in [6, 6.07) is 2.26. The van der Waals surface area contributed by atoms with Gasteiger partial charge in [-0.2, -0.15) is 0 Å². The lowest BCUT2D eigenvalue weighted by molar-refractivity contribution is 0.0274. The fourth-order valence-corrected chi connectivity index (χ4v) is 3.36. The summed E-state index contributed by atoms with van der Waals surface area (Å²) in [6.07, 6.45) is 5.68. The molecule has 1 heterocycles.